The fraction of sp³-hybridized carbons (Fsp3) is 0.0667. The molecule has 0 atom stereocenters. The number of para-hydroxylation sites is 2. The van der Waals surface area contributed by atoms with Gasteiger partial charge in [-0.05, 0) is 24.3 Å². The Kier molecular flexibility index (Phi) is 2.65. The molecule has 2 aromatic carbocycles. The second-order valence-electron chi connectivity index (χ2n) is 4.17. The summed E-state index contributed by atoms with van der Waals surface area (Å²) < 4.78 is 0. The minimum Gasteiger partial charge on any atom is -0.343 e. The first-order valence-electron chi connectivity index (χ1n) is 5.85. The maximum Gasteiger partial charge on any atom is 0.172 e. The number of anilines is 1. The van der Waals surface area contributed by atoms with E-state index in [1.807, 2.05) is 54.6 Å². The van der Waals surface area contributed by atoms with E-state index < -0.39 is 0 Å². The number of benzene rings is 2. The Morgan fingerprint density at radius 3 is 2.50 bits per heavy atom. The number of hydrogen-bond donors (Lipinski definition) is 1. The smallest absolute Gasteiger partial charge is 0.172 e. The van der Waals surface area contributed by atoms with Crippen molar-refractivity contribution in [2.45, 2.75) is 6.42 Å². The van der Waals surface area contributed by atoms with Crippen LogP contribution < -0.4 is 5.32 Å². The number of rotatable bonds is 1. The van der Waals surface area contributed by atoms with Crippen LogP contribution in [0.5, 0.6) is 0 Å². The second kappa shape index (κ2) is 4.45. The third kappa shape index (κ3) is 2.02. The summed E-state index contributed by atoms with van der Waals surface area (Å²) >= 11 is 0. The molecule has 0 saturated heterocycles. The van der Waals surface area contributed by atoms with Gasteiger partial charge in [0.15, 0.2) is 5.78 Å². The van der Waals surface area contributed by atoms with E-state index in [-0.39, 0.29) is 5.78 Å². The van der Waals surface area contributed by atoms with Gasteiger partial charge in [-0.2, -0.15) is 0 Å². The number of aliphatic imine (C=N–C) groups is 1. The lowest BCUT2D eigenvalue weighted by Gasteiger charge is -2.15. The summed E-state index contributed by atoms with van der Waals surface area (Å²) in [7, 11) is 0. The molecular weight excluding hydrogens is 224 g/mol. The summed E-state index contributed by atoms with van der Waals surface area (Å²) in [6.07, 6.45) is 0.325. The van der Waals surface area contributed by atoms with Gasteiger partial charge in [0.05, 0.1) is 12.1 Å². The summed E-state index contributed by atoms with van der Waals surface area (Å²) in [5, 5.41) is 3.18. The molecule has 0 bridgehead atoms. The van der Waals surface area contributed by atoms with E-state index in [0.717, 1.165) is 11.4 Å². The Bertz CT molecular complexity index is 617. The van der Waals surface area contributed by atoms with Crippen LogP contribution in [0, 0.1) is 0 Å². The Morgan fingerprint density at radius 1 is 0.944 bits per heavy atom. The fourth-order valence-corrected chi connectivity index (χ4v) is 2.00. The first-order chi connectivity index (χ1) is 8.83. The number of Topliss-reactive ketones (excluding diaryl/α,β-unsaturated/α-hetero) is 1. The average Bonchev–Trinajstić information content (AvgIpc) is 2.40. The lowest BCUT2D eigenvalue weighted by Crippen LogP contribution is -2.20. The predicted octanol–water partition coefficient (Wildman–Crippen LogP) is 3.42. The molecule has 0 unspecified atom stereocenters. The van der Waals surface area contributed by atoms with Crippen molar-refractivity contribution < 1.29 is 4.79 Å². The van der Waals surface area contributed by atoms with Crippen LogP contribution in [0.15, 0.2) is 59.6 Å². The van der Waals surface area contributed by atoms with Gasteiger partial charge in [0.25, 0.3) is 0 Å². The van der Waals surface area contributed by atoms with Crippen molar-refractivity contribution in [2.24, 2.45) is 4.99 Å². The van der Waals surface area contributed by atoms with Crippen molar-refractivity contribution in [1.82, 2.24) is 0 Å². The third-order valence-electron chi connectivity index (χ3n) is 2.85. The van der Waals surface area contributed by atoms with E-state index in [2.05, 4.69) is 10.3 Å². The number of fused-ring (bicyclic) bond motifs is 1. The molecule has 88 valence electrons. The van der Waals surface area contributed by atoms with Crippen LogP contribution in [0.2, 0.25) is 0 Å². The molecule has 0 amide bonds. The predicted molar refractivity (Wildman–Crippen MR) is 72.5 cm³/mol. The van der Waals surface area contributed by atoms with Crippen molar-refractivity contribution in [3.8, 4) is 0 Å². The molecule has 3 rings (SSSR count). The summed E-state index contributed by atoms with van der Waals surface area (Å²) in [5.41, 5.74) is 2.40. The SMILES string of the molecule is O=C1CC(Nc2ccccc2)=Nc2ccccc21. The van der Waals surface area contributed by atoms with Gasteiger partial charge in [-0.3, -0.25) is 4.79 Å². The molecule has 0 fully saturated rings. The van der Waals surface area contributed by atoms with Crippen LogP contribution in [0.25, 0.3) is 0 Å². The first kappa shape index (κ1) is 10.7. The van der Waals surface area contributed by atoms with Gasteiger partial charge < -0.3 is 5.32 Å². The standard InChI is InChI=1S/C15H12N2O/c18-14-10-15(16-11-6-2-1-3-7-11)17-13-9-5-4-8-12(13)14/h1-9H,10H2,(H,16,17). The summed E-state index contributed by atoms with van der Waals surface area (Å²) in [6, 6.07) is 17.2. The lowest BCUT2D eigenvalue weighted by molar-refractivity contribution is 0.1000. The number of carbonyl (C=O) groups is 1. The third-order valence-corrected chi connectivity index (χ3v) is 2.85. The van der Waals surface area contributed by atoms with E-state index in [9.17, 15) is 4.79 Å². The Hall–Kier alpha value is -2.42. The molecule has 0 saturated carbocycles. The van der Waals surface area contributed by atoms with Gasteiger partial charge in [0.2, 0.25) is 0 Å². The van der Waals surface area contributed by atoms with Crippen LogP contribution in [0.3, 0.4) is 0 Å². The highest BCUT2D eigenvalue weighted by Gasteiger charge is 2.19. The largest absolute Gasteiger partial charge is 0.343 e. The first-order valence-corrected chi connectivity index (χ1v) is 5.85. The fourth-order valence-electron chi connectivity index (χ4n) is 2.00. The Balaban J connectivity index is 1.92. The molecular formula is C15H12N2O. The number of hydrogen-bond acceptors (Lipinski definition) is 3. The maximum atomic E-state index is 12.0. The Morgan fingerprint density at radius 2 is 1.67 bits per heavy atom. The van der Waals surface area contributed by atoms with Gasteiger partial charge in [-0.1, -0.05) is 30.3 Å². The van der Waals surface area contributed by atoms with Crippen molar-refractivity contribution in [3.63, 3.8) is 0 Å². The number of ketones is 1. The maximum absolute atomic E-state index is 12.0. The Labute approximate surface area is 105 Å². The molecule has 0 aromatic heterocycles. The molecule has 1 heterocycles. The number of carbonyl (C=O) groups excluding carboxylic acids is 1. The van der Waals surface area contributed by atoms with Crippen LogP contribution in [0.4, 0.5) is 11.4 Å². The van der Waals surface area contributed by atoms with Crippen molar-refractivity contribution >= 4 is 23.0 Å². The molecule has 0 aliphatic carbocycles. The number of amidine groups is 1. The minimum absolute atomic E-state index is 0.110. The zero-order chi connectivity index (χ0) is 12.4. The van der Waals surface area contributed by atoms with Crippen LogP contribution in [-0.2, 0) is 0 Å². The molecule has 1 N–H and O–H groups in total. The lowest BCUT2D eigenvalue weighted by atomic mass is 10.0. The van der Waals surface area contributed by atoms with E-state index in [1.54, 1.807) is 0 Å². The molecule has 1 aliphatic rings. The van der Waals surface area contributed by atoms with Crippen molar-refractivity contribution in [3.05, 3.63) is 60.2 Å². The normalized spacial score (nSPS) is 13.8. The highest BCUT2D eigenvalue weighted by atomic mass is 16.1. The van der Waals surface area contributed by atoms with Crippen molar-refractivity contribution in [1.29, 1.82) is 0 Å². The summed E-state index contributed by atoms with van der Waals surface area (Å²) in [6.45, 7) is 0. The monoisotopic (exact) mass is 236 g/mol. The van der Waals surface area contributed by atoms with Gasteiger partial charge >= 0.3 is 0 Å². The summed E-state index contributed by atoms with van der Waals surface area (Å²) in [4.78, 5) is 16.4. The second-order valence-corrected chi connectivity index (χ2v) is 4.17. The molecule has 0 radical (unpaired) electrons. The van der Waals surface area contributed by atoms with Gasteiger partial charge in [-0.25, -0.2) is 4.99 Å². The molecule has 1 aliphatic heterocycles. The number of nitrogens with one attached hydrogen (secondary N) is 1. The quantitative estimate of drug-likeness (QED) is 0.824. The van der Waals surface area contributed by atoms with Crippen LogP contribution in [-0.4, -0.2) is 11.6 Å². The van der Waals surface area contributed by atoms with E-state index >= 15 is 0 Å². The minimum atomic E-state index is 0.110. The van der Waals surface area contributed by atoms with Crippen LogP contribution in [0.1, 0.15) is 16.8 Å². The van der Waals surface area contributed by atoms with Gasteiger partial charge in [-0.15, -0.1) is 0 Å². The highest BCUT2D eigenvalue weighted by molar-refractivity contribution is 6.18. The average molecular weight is 236 g/mol. The molecule has 3 nitrogen and oxygen atoms in total. The van der Waals surface area contributed by atoms with E-state index in [0.29, 0.717) is 17.8 Å². The van der Waals surface area contributed by atoms with Crippen molar-refractivity contribution in [2.75, 3.05) is 5.32 Å². The number of nitrogens with zero attached hydrogens (tertiary/aromatic N) is 1. The topological polar surface area (TPSA) is 41.5 Å². The van der Waals surface area contributed by atoms with Gasteiger partial charge in [0, 0.05) is 11.3 Å². The van der Waals surface area contributed by atoms with Crippen LogP contribution >= 0.6 is 0 Å². The van der Waals surface area contributed by atoms with Gasteiger partial charge in [0.1, 0.15) is 5.84 Å². The van der Waals surface area contributed by atoms with E-state index in [1.165, 1.54) is 0 Å². The zero-order valence-corrected chi connectivity index (χ0v) is 9.76. The van der Waals surface area contributed by atoms with E-state index in [4.69, 9.17) is 0 Å². The molecule has 0 spiro atoms. The molecule has 2 aromatic rings. The summed E-state index contributed by atoms with van der Waals surface area (Å²) in [5.74, 6) is 0.809. The zero-order valence-electron chi connectivity index (χ0n) is 9.76. The highest BCUT2D eigenvalue weighted by Crippen LogP contribution is 2.25. The molecule has 3 heteroatoms. The molecule has 18 heavy (non-hydrogen) atoms.